The van der Waals surface area contributed by atoms with Crippen molar-refractivity contribution >= 4 is 33.3 Å². The quantitative estimate of drug-likeness (QED) is 0.691. The lowest BCUT2D eigenvalue weighted by atomic mass is 9.96. The molecule has 0 amide bonds. The Morgan fingerprint density at radius 2 is 2.19 bits per heavy atom. The second-order valence-electron chi connectivity index (χ2n) is 4.12. The SMILES string of the molecule is CCCC(C)CC(=O)c1cccc(Br)c1Cl. The van der Waals surface area contributed by atoms with Crippen molar-refractivity contribution in [3.05, 3.63) is 33.3 Å². The highest BCUT2D eigenvalue weighted by Gasteiger charge is 2.14. The lowest BCUT2D eigenvalue weighted by Gasteiger charge is -2.10. The van der Waals surface area contributed by atoms with Crippen molar-refractivity contribution in [2.75, 3.05) is 0 Å². The number of Topliss-reactive ketones (excluding diaryl/α,β-unsaturated/α-hetero) is 1. The van der Waals surface area contributed by atoms with Gasteiger partial charge in [-0.05, 0) is 34.0 Å². The van der Waals surface area contributed by atoms with Gasteiger partial charge < -0.3 is 0 Å². The first-order valence-electron chi connectivity index (χ1n) is 5.53. The largest absolute Gasteiger partial charge is 0.294 e. The monoisotopic (exact) mass is 302 g/mol. The lowest BCUT2D eigenvalue weighted by molar-refractivity contribution is 0.0962. The standard InChI is InChI=1S/C13H16BrClO/c1-3-5-9(2)8-12(16)10-6-4-7-11(14)13(10)15/h4,6-7,9H,3,5,8H2,1-2H3. The first-order chi connectivity index (χ1) is 7.56. The summed E-state index contributed by atoms with van der Waals surface area (Å²) in [5.74, 6) is 0.555. The number of hydrogen-bond acceptors (Lipinski definition) is 1. The number of hydrogen-bond donors (Lipinski definition) is 0. The van der Waals surface area contributed by atoms with Crippen LogP contribution >= 0.6 is 27.5 Å². The van der Waals surface area contributed by atoms with E-state index in [4.69, 9.17) is 11.6 Å². The average Bonchev–Trinajstić information content (AvgIpc) is 2.22. The van der Waals surface area contributed by atoms with Gasteiger partial charge in [0.25, 0.3) is 0 Å². The van der Waals surface area contributed by atoms with Crippen LogP contribution in [0.4, 0.5) is 0 Å². The second-order valence-corrected chi connectivity index (χ2v) is 5.35. The van der Waals surface area contributed by atoms with E-state index in [2.05, 4.69) is 29.8 Å². The van der Waals surface area contributed by atoms with Gasteiger partial charge in [-0.15, -0.1) is 0 Å². The van der Waals surface area contributed by atoms with Gasteiger partial charge in [-0.1, -0.05) is 44.4 Å². The number of ketones is 1. The summed E-state index contributed by atoms with van der Waals surface area (Å²) in [5.41, 5.74) is 0.624. The van der Waals surface area contributed by atoms with Crippen LogP contribution in [-0.2, 0) is 0 Å². The molecule has 1 nitrogen and oxygen atoms in total. The van der Waals surface area contributed by atoms with Gasteiger partial charge in [-0.3, -0.25) is 4.79 Å². The van der Waals surface area contributed by atoms with Crippen molar-refractivity contribution < 1.29 is 4.79 Å². The number of carbonyl (C=O) groups excluding carboxylic acids is 1. The third-order valence-corrected chi connectivity index (χ3v) is 3.86. The molecule has 0 aliphatic heterocycles. The Morgan fingerprint density at radius 1 is 1.50 bits per heavy atom. The fraction of sp³-hybridized carbons (Fsp3) is 0.462. The van der Waals surface area contributed by atoms with Gasteiger partial charge in [0.1, 0.15) is 0 Å². The van der Waals surface area contributed by atoms with E-state index in [1.807, 2.05) is 12.1 Å². The zero-order valence-electron chi connectivity index (χ0n) is 9.59. The van der Waals surface area contributed by atoms with Gasteiger partial charge in [-0.2, -0.15) is 0 Å². The van der Waals surface area contributed by atoms with E-state index in [0.29, 0.717) is 22.9 Å². The predicted octanol–water partition coefficient (Wildman–Crippen LogP) is 5.11. The highest BCUT2D eigenvalue weighted by molar-refractivity contribution is 9.10. The van der Waals surface area contributed by atoms with Crippen LogP contribution in [-0.4, -0.2) is 5.78 Å². The summed E-state index contributed by atoms with van der Waals surface area (Å²) >= 11 is 9.41. The Labute approximate surface area is 110 Å². The Kier molecular flexibility index (Phi) is 5.50. The molecule has 0 radical (unpaired) electrons. The number of rotatable bonds is 5. The van der Waals surface area contributed by atoms with Gasteiger partial charge in [0, 0.05) is 16.5 Å². The summed E-state index contributed by atoms with van der Waals surface area (Å²) in [6, 6.07) is 5.47. The second kappa shape index (κ2) is 6.41. The molecular weight excluding hydrogens is 287 g/mol. The van der Waals surface area contributed by atoms with Crippen molar-refractivity contribution in [1.82, 2.24) is 0 Å². The van der Waals surface area contributed by atoms with Gasteiger partial charge >= 0.3 is 0 Å². The van der Waals surface area contributed by atoms with Crippen molar-refractivity contribution in [3.63, 3.8) is 0 Å². The first-order valence-corrected chi connectivity index (χ1v) is 6.70. The highest BCUT2D eigenvalue weighted by atomic mass is 79.9. The van der Waals surface area contributed by atoms with Gasteiger partial charge in [0.2, 0.25) is 0 Å². The third-order valence-electron chi connectivity index (χ3n) is 2.57. The van der Waals surface area contributed by atoms with E-state index in [-0.39, 0.29) is 5.78 Å². The van der Waals surface area contributed by atoms with Crippen LogP contribution in [0.3, 0.4) is 0 Å². The maximum absolute atomic E-state index is 12.0. The molecule has 88 valence electrons. The fourth-order valence-electron chi connectivity index (χ4n) is 1.74. The third kappa shape index (κ3) is 3.60. The van der Waals surface area contributed by atoms with Crippen LogP contribution in [0.5, 0.6) is 0 Å². The Morgan fingerprint density at radius 3 is 2.81 bits per heavy atom. The summed E-state index contributed by atoms with van der Waals surface area (Å²) in [5, 5.41) is 0.524. The minimum atomic E-state index is 0.132. The topological polar surface area (TPSA) is 17.1 Å². The number of benzene rings is 1. The summed E-state index contributed by atoms with van der Waals surface area (Å²) in [4.78, 5) is 12.0. The molecule has 0 N–H and O–H groups in total. The Balaban J connectivity index is 2.77. The molecule has 0 fully saturated rings. The zero-order valence-corrected chi connectivity index (χ0v) is 11.9. The predicted molar refractivity (Wildman–Crippen MR) is 72.2 cm³/mol. The van der Waals surface area contributed by atoms with E-state index in [9.17, 15) is 4.79 Å². The average molecular weight is 304 g/mol. The summed E-state index contributed by atoms with van der Waals surface area (Å²) in [6.45, 7) is 4.24. The summed E-state index contributed by atoms with van der Waals surface area (Å²) in [7, 11) is 0. The fourth-order valence-corrected chi connectivity index (χ4v) is 2.34. The summed E-state index contributed by atoms with van der Waals surface area (Å²) in [6.07, 6.45) is 2.77. The van der Waals surface area contributed by atoms with Crippen LogP contribution in [0.25, 0.3) is 0 Å². The normalized spacial score (nSPS) is 12.5. The minimum absolute atomic E-state index is 0.132. The van der Waals surface area contributed by atoms with Crippen LogP contribution in [0.1, 0.15) is 43.5 Å². The molecule has 1 rings (SSSR count). The summed E-state index contributed by atoms with van der Waals surface area (Å²) < 4.78 is 0.781. The van der Waals surface area contributed by atoms with E-state index < -0.39 is 0 Å². The number of carbonyl (C=O) groups is 1. The van der Waals surface area contributed by atoms with Gasteiger partial charge in [0.15, 0.2) is 5.78 Å². The molecule has 0 saturated heterocycles. The van der Waals surface area contributed by atoms with Crippen molar-refractivity contribution in [1.29, 1.82) is 0 Å². The lowest BCUT2D eigenvalue weighted by Crippen LogP contribution is -2.06. The van der Waals surface area contributed by atoms with Crippen LogP contribution < -0.4 is 0 Å². The van der Waals surface area contributed by atoms with E-state index in [0.717, 1.165) is 17.3 Å². The molecule has 0 aliphatic carbocycles. The van der Waals surface area contributed by atoms with Crippen molar-refractivity contribution in [2.45, 2.75) is 33.1 Å². The van der Waals surface area contributed by atoms with Crippen LogP contribution in [0.15, 0.2) is 22.7 Å². The van der Waals surface area contributed by atoms with E-state index in [1.165, 1.54) is 0 Å². The molecule has 3 heteroatoms. The molecule has 0 bridgehead atoms. The highest BCUT2D eigenvalue weighted by Crippen LogP contribution is 2.28. The molecule has 1 atom stereocenters. The molecular formula is C13H16BrClO. The van der Waals surface area contributed by atoms with Gasteiger partial charge in [0.05, 0.1) is 5.02 Å². The molecule has 0 spiro atoms. The van der Waals surface area contributed by atoms with Crippen molar-refractivity contribution in [2.24, 2.45) is 5.92 Å². The van der Waals surface area contributed by atoms with E-state index in [1.54, 1.807) is 6.07 Å². The van der Waals surface area contributed by atoms with Crippen LogP contribution in [0.2, 0.25) is 5.02 Å². The molecule has 0 heterocycles. The molecule has 0 aliphatic rings. The minimum Gasteiger partial charge on any atom is -0.294 e. The number of halogens is 2. The van der Waals surface area contributed by atoms with Crippen molar-refractivity contribution in [3.8, 4) is 0 Å². The molecule has 1 aromatic rings. The Hall–Kier alpha value is -0.340. The first kappa shape index (κ1) is 13.7. The maximum Gasteiger partial charge on any atom is 0.164 e. The maximum atomic E-state index is 12.0. The molecule has 16 heavy (non-hydrogen) atoms. The van der Waals surface area contributed by atoms with Crippen LogP contribution in [0, 0.1) is 5.92 Å². The van der Waals surface area contributed by atoms with Gasteiger partial charge in [-0.25, -0.2) is 0 Å². The smallest absolute Gasteiger partial charge is 0.164 e. The molecule has 1 unspecified atom stereocenters. The van der Waals surface area contributed by atoms with E-state index >= 15 is 0 Å². The molecule has 0 aromatic heterocycles. The zero-order chi connectivity index (χ0) is 12.1. The molecule has 0 saturated carbocycles. The Bertz CT molecular complexity index is 376. The molecule has 1 aromatic carbocycles.